The standard InChI is InChI=1S/C21H21N5O3S2/c1-12(27)17-9-4-5-10-18(17)24-19(29)13(2)30-21-26-25-20(31-21)23-16-8-6-7-15(11-16)22-14(3)28/h4-11,13H,1-3H3,(H,22,28)(H,23,25)(H,24,29). The van der Waals surface area contributed by atoms with Gasteiger partial charge in [0.15, 0.2) is 10.1 Å². The number of benzene rings is 2. The summed E-state index contributed by atoms with van der Waals surface area (Å²) in [6, 6.07) is 14.2. The smallest absolute Gasteiger partial charge is 0.237 e. The Morgan fingerprint density at radius 2 is 1.71 bits per heavy atom. The van der Waals surface area contributed by atoms with Crippen molar-refractivity contribution in [1.82, 2.24) is 10.2 Å². The summed E-state index contributed by atoms with van der Waals surface area (Å²) in [5, 5.41) is 17.0. The van der Waals surface area contributed by atoms with Crippen LogP contribution in [-0.4, -0.2) is 33.0 Å². The van der Waals surface area contributed by atoms with Gasteiger partial charge >= 0.3 is 0 Å². The van der Waals surface area contributed by atoms with Gasteiger partial charge in [-0.2, -0.15) is 0 Å². The molecule has 0 spiro atoms. The number of nitrogens with one attached hydrogen (secondary N) is 3. The maximum absolute atomic E-state index is 12.6. The van der Waals surface area contributed by atoms with E-state index in [1.807, 2.05) is 12.1 Å². The minimum absolute atomic E-state index is 0.112. The first kappa shape index (κ1) is 22.4. The molecule has 10 heteroatoms. The number of nitrogens with zero attached hydrogens (tertiary/aromatic N) is 2. The third-order valence-electron chi connectivity index (χ3n) is 4.05. The zero-order valence-corrected chi connectivity index (χ0v) is 18.8. The lowest BCUT2D eigenvalue weighted by molar-refractivity contribution is -0.115. The van der Waals surface area contributed by atoms with E-state index in [1.54, 1.807) is 43.3 Å². The number of ketones is 1. The largest absolute Gasteiger partial charge is 0.330 e. The van der Waals surface area contributed by atoms with Gasteiger partial charge in [-0.25, -0.2) is 0 Å². The normalized spacial score (nSPS) is 11.5. The molecular weight excluding hydrogens is 434 g/mol. The highest BCUT2D eigenvalue weighted by atomic mass is 32.2. The summed E-state index contributed by atoms with van der Waals surface area (Å²) < 4.78 is 0.628. The number of Topliss-reactive ketones (excluding diaryl/α,β-unsaturated/α-hetero) is 1. The molecule has 0 saturated heterocycles. The molecule has 3 N–H and O–H groups in total. The Morgan fingerprint density at radius 3 is 2.45 bits per heavy atom. The van der Waals surface area contributed by atoms with Crippen LogP contribution in [0, 0.1) is 0 Å². The van der Waals surface area contributed by atoms with Crippen LogP contribution < -0.4 is 16.0 Å². The van der Waals surface area contributed by atoms with E-state index in [4.69, 9.17) is 0 Å². The first-order chi connectivity index (χ1) is 14.8. The summed E-state index contributed by atoms with van der Waals surface area (Å²) in [7, 11) is 0. The van der Waals surface area contributed by atoms with Crippen molar-refractivity contribution in [2.75, 3.05) is 16.0 Å². The number of thioether (sulfide) groups is 1. The average Bonchev–Trinajstić information content (AvgIpc) is 3.14. The molecule has 0 saturated carbocycles. The van der Waals surface area contributed by atoms with Gasteiger partial charge < -0.3 is 16.0 Å². The molecule has 31 heavy (non-hydrogen) atoms. The summed E-state index contributed by atoms with van der Waals surface area (Å²) in [6.07, 6.45) is 0. The predicted molar refractivity (Wildman–Crippen MR) is 124 cm³/mol. The van der Waals surface area contributed by atoms with Gasteiger partial charge in [0.05, 0.1) is 10.9 Å². The number of carbonyl (C=O) groups excluding carboxylic acids is 3. The van der Waals surface area contributed by atoms with Crippen molar-refractivity contribution < 1.29 is 14.4 Å². The van der Waals surface area contributed by atoms with E-state index in [1.165, 1.54) is 36.9 Å². The van der Waals surface area contributed by atoms with Crippen molar-refractivity contribution in [3.8, 4) is 0 Å². The topological polar surface area (TPSA) is 113 Å². The van der Waals surface area contributed by atoms with Crippen molar-refractivity contribution in [2.24, 2.45) is 0 Å². The van der Waals surface area contributed by atoms with Crippen LogP contribution in [0.25, 0.3) is 0 Å². The number of para-hydroxylation sites is 1. The molecule has 0 aliphatic carbocycles. The van der Waals surface area contributed by atoms with E-state index in [0.29, 0.717) is 26.4 Å². The second-order valence-electron chi connectivity index (χ2n) is 6.61. The fraction of sp³-hybridized carbons (Fsp3) is 0.190. The van der Waals surface area contributed by atoms with Crippen molar-refractivity contribution in [3.63, 3.8) is 0 Å². The Morgan fingerprint density at radius 1 is 0.968 bits per heavy atom. The number of amides is 2. The van der Waals surface area contributed by atoms with Gasteiger partial charge in [0.1, 0.15) is 0 Å². The van der Waals surface area contributed by atoms with Crippen molar-refractivity contribution >= 4 is 62.9 Å². The molecule has 8 nitrogen and oxygen atoms in total. The highest BCUT2D eigenvalue weighted by Gasteiger charge is 2.19. The molecule has 1 unspecified atom stereocenters. The fourth-order valence-corrected chi connectivity index (χ4v) is 4.56. The highest BCUT2D eigenvalue weighted by molar-refractivity contribution is 8.02. The maximum Gasteiger partial charge on any atom is 0.237 e. The molecule has 1 heterocycles. The minimum Gasteiger partial charge on any atom is -0.330 e. The molecule has 2 aromatic carbocycles. The van der Waals surface area contributed by atoms with Crippen molar-refractivity contribution in [2.45, 2.75) is 30.4 Å². The average molecular weight is 456 g/mol. The van der Waals surface area contributed by atoms with Crippen molar-refractivity contribution in [1.29, 1.82) is 0 Å². The third-order valence-corrected chi connectivity index (χ3v) is 6.07. The molecule has 3 rings (SSSR count). The number of aromatic nitrogens is 2. The first-order valence-electron chi connectivity index (χ1n) is 9.37. The van der Waals surface area contributed by atoms with E-state index >= 15 is 0 Å². The van der Waals surface area contributed by atoms with Crippen LogP contribution in [0.4, 0.5) is 22.2 Å². The van der Waals surface area contributed by atoms with Crippen molar-refractivity contribution in [3.05, 3.63) is 54.1 Å². The van der Waals surface area contributed by atoms with Gasteiger partial charge in [-0.1, -0.05) is 41.3 Å². The van der Waals surface area contributed by atoms with E-state index in [9.17, 15) is 14.4 Å². The molecule has 0 bridgehead atoms. The van der Waals surface area contributed by atoms with Crippen LogP contribution >= 0.6 is 23.1 Å². The molecule has 0 aliphatic rings. The lowest BCUT2D eigenvalue weighted by atomic mass is 10.1. The lowest BCUT2D eigenvalue weighted by Gasteiger charge is -2.12. The predicted octanol–water partition coefficient (Wildman–Crippen LogP) is 4.56. The zero-order valence-electron chi connectivity index (χ0n) is 17.1. The molecule has 2 amide bonds. The minimum atomic E-state index is -0.441. The number of anilines is 4. The van der Waals surface area contributed by atoms with Gasteiger partial charge in [0, 0.05) is 23.9 Å². The Kier molecular flexibility index (Phi) is 7.37. The molecule has 0 fully saturated rings. The van der Waals surface area contributed by atoms with Gasteiger partial charge in [0.25, 0.3) is 0 Å². The molecule has 0 radical (unpaired) electrons. The second kappa shape index (κ2) is 10.2. The molecule has 1 atom stereocenters. The molecular formula is C21H21N5O3S2. The van der Waals surface area contributed by atoms with E-state index < -0.39 is 5.25 Å². The Labute approximate surface area is 187 Å². The van der Waals surface area contributed by atoms with Crippen LogP contribution in [0.3, 0.4) is 0 Å². The Hall–Kier alpha value is -3.24. The van der Waals surface area contributed by atoms with Gasteiger partial charge in [-0.05, 0) is 44.2 Å². The van der Waals surface area contributed by atoms with Gasteiger partial charge in [-0.15, -0.1) is 10.2 Å². The molecule has 1 aromatic heterocycles. The lowest BCUT2D eigenvalue weighted by Crippen LogP contribution is -2.23. The second-order valence-corrected chi connectivity index (χ2v) is 9.18. The summed E-state index contributed by atoms with van der Waals surface area (Å²) in [4.78, 5) is 35.5. The van der Waals surface area contributed by atoms with E-state index in [-0.39, 0.29) is 17.6 Å². The maximum atomic E-state index is 12.6. The first-order valence-corrected chi connectivity index (χ1v) is 11.1. The molecule has 3 aromatic rings. The van der Waals surface area contributed by atoms with Gasteiger partial charge in [-0.3, -0.25) is 14.4 Å². The SMILES string of the molecule is CC(=O)Nc1cccc(Nc2nnc(SC(C)C(=O)Nc3ccccc3C(C)=O)s2)c1. The summed E-state index contributed by atoms with van der Waals surface area (Å²) >= 11 is 2.59. The molecule has 160 valence electrons. The Balaban J connectivity index is 1.61. The number of rotatable bonds is 8. The monoisotopic (exact) mass is 455 g/mol. The van der Waals surface area contributed by atoms with Crippen LogP contribution in [-0.2, 0) is 9.59 Å². The summed E-state index contributed by atoms with van der Waals surface area (Å²) in [6.45, 7) is 4.68. The third kappa shape index (κ3) is 6.37. The van der Waals surface area contributed by atoms with Crippen LogP contribution in [0.1, 0.15) is 31.1 Å². The fourth-order valence-electron chi connectivity index (χ4n) is 2.65. The quantitative estimate of drug-likeness (QED) is 0.337. The summed E-state index contributed by atoms with van der Waals surface area (Å²) in [5.41, 5.74) is 2.39. The van der Waals surface area contributed by atoms with E-state index in [2.05, 4.69) is 26.1 Å². The Bertz CT molecular complexity index is 1120. The van der Waals surface area contributed by atoms with Crippen LogP contribution in [0.2, 0.25) is 0 Å². The highest BCUT2D eigenvalue weighted by Crippen LogP contribution is 2.31. The van der Waals surface area contributed by atoms with Crippen LogP contribution in [0.5, 0.6) is 0 Å². The number of hydrogen-bond acceptors (Lipinski definition) is 8. The van der Waals surface area contributed by atoms with Crippen LogP contribution in [0.15, 0.2) is 52.9 Å². The van der Waals surface area contributed by atoms with Gasteiger partial charge in [0.2, 0.25) is 16.9 Å². The number of hydrogen-bond donors (Lipinski definition) is 3. The molecule has 0 aliphatic heterocycles. The summed E-state index contributed by atoms with van der Waals surface area (Å²) in [5.74, 6) is -0.491. The zero-order chi connectivity index (χ0) is 22.4. The number of carbonyl (C=O) groups is 3. The van der Waals surface area contributed by atoms with E-state index in [0.717, 1.165) is 5.69 Å².